The van der Waals surface area contributed by atoms with Gasteiger partial charge in [-0.3, -0.25) is 9.59 Å². The lowest BCUT2D eigenvalue weighted by molar-refractivity contribution is -0.161. The Kier molecular flexibility index (Phi) is 61.2. The Morgan fingerprint density at radius 3 is 0.629 bits per heavy atom. The minimum absolute atomic E-state index is 0.0556. The highest BCUT2D eigenvalue weighted by atomic mass is 16.6. The predicted molar refractivity (Wildman–Crippen MR) is 307 cm³/mol. The number of rotatable bonds is 62. The van der Waals surface area contributed by atoms with Gasteiger partial charge in [-0.05, 0) is 12.8 Å². The summed E-state index contributed by atoms with van der Waals surface area (Å²) in [5.74, 6) is -0.561. The third-order valence-electron chi connectivity index (χ3n) is 15.4. The molecule has 1 unspecified atom stereocenters. The van der Waals surface area contributed by atoms with E-state index in [-0.39, 0.29) is 25.2 Å². The minimum atomic E-state index is -0.765. The molecular formula is C65H128O5. The summed E-state index contributed by atoms with van der Waals surface area (Å²) >= 11 is 0. The summed E-state index contributed by atoms with van der Waals surface area (Å²) in [6, 6.07) is 0. The van der Waals surface area contributed by atoms with Gasteiger partial charge in [-0.15, -0.1) is 0 Å². The van der Waals surface area contributed by atoms with Gasteiger partial charge in [0.25, 0.3) is 0 Å². The van der Waals surface area contributed by atoms with Crippen molar-refractivity contribution in [2.24, 2.45) is 0 Å². The lowest BCUT2D eigenvalue weighted by Gasteiger charge is -2.15. The van der Waals surface area contributed by atoms with Crippen LogP contribution < -0.4 is 0 Å². The fourth-order valence-corrected chi connectivity index (χ4v) is 10.5. The molecule has 0 saturated heterocycles. The normalized spacial score (nSPS) is 12.0. The van der Waals surface area contributed by atoms with E-state index in [1.165, 1.54) is 327 Å². The number of unbranched alkanes of at least 4 members (excludes halogenated alkanes) is 54. The Hall–Kier alpha value is -1.10. The number of carbonyl (C=O) groups is 2. The molecule has 5 nitrogen and oxygen atoms in total. The summed E-state index contributed by atoms with van der Waals surface area (Å²) < 4.78 is 10.7. The molecule has 0 bridgehead atoms. The highest BCUT2D eigenvalue weighted by molar-refractivity contribution is 5.70. The Labute approximate surface area is 439 Å². The summed E-state index contributed by atoms with van der Waals surface area (Å²) in [6.45, 7) is 4.22. The lowest BCUT2D eigenvalue weighted by atomic mass is 10.0. The van der Waals surface area contributed by atoms with Crippen LogP contribution in [0.15, 0.2) is 0 Å². The van der Waals surface area contributed by atoms with Gasteiger partial charge in [0.2, 0.25) is 0 Å². The molecule has 70 heavy (non-hydrogen) atoms. The van der Waals surface area contributed by atoms with Gasteiger partial charge in [0, 0.05) is 12.8 Å². The van der Waals surface area contributed by atoms with Crippen LogP contribution in [0.5, 0.6) is 0 Å². The zero-order valence-corrected chi connectivity index (χ0v) is 48.1. The molecule has 0 spiro atoms. The van der Waals surface area contributed by atoms with E-state index in [0.29, 0.717) is 12.8 Å². The molecule has 0 aromatic carbocycles. The van der Waals surface area contributed by atoms with E-state index in [2.05, 4.69) is 13.8 Å². The fraction of sp³-hybridized carbons (Fsp3) is 0.969. The van der Waals surface area contributed by atoms with Gasteiger partial charge in [0.15, 0.2) is 6.10 Å². The molecule has 0 aliphatic heterocycles. The van der Waals surface area contributed by atoms with Crippen LogP contribution in [0.1, 0.15) is 386 Å². The third kappa shape index (κ3) is 59.5. The number of hydrogen-bond donors (Lipinski definition) is 1. The molecule has 0 fully saturated rings. The van der Waals surface area contributed by atoms with Crippen molar-refractivity contribution < 1.29 is 24.2 Å². The van der Waals surface area contributed by atoms with Crippen LogP contribution >= 0.6 is 0 Å². The van der Waals surface area contributed by atoms with Crippen molar-refractivity contribution in [2.45, 2.75) is 392 Å². The standard InChI is InChI=1S/C65H128O5/c1-3-5-7-9-11-13-15-17-19-21-23-25-26-27-28-29-30-31-32-33-34-35-36-37-38-39-40-42-44-46-48-50-52-54-56-58-60-65(68)70-63(61-66)62-69-64(67)59-57-55-53-51-49-47-45-43-41-24-22-20-18-16-14-12-10-8-6-4-2/h63,66H,3-62H2,1-2H3. The van der Waals surface area contributed by atoms with Gasteiger partial charge in [-0.1, -0.05) is 361 Å². The number of carbonyl (C=O) groups excluding carboxylic acids is 2. The summed E-state index contributed by atoms with van der Waals surface area (Å²) in [5, 5.41) is 9.67. The second-order valence-corrected chi connectivity index (χ2v) is 22.6. The van der Waals surface area contributed by atoms with E-state index in [1.807, 2.05) is 0 Å². The molecule has 0 aliphatic carbocycles. The zero-order valence-electron chi connectivity index (χ0n) is 48.1. The third-order valence-corrected chi connectivity index (χ3v) is 15.4. The molecule has 0 aliphatic rings. The van der Waals surface area contributed by atoms with Crippen LogP contribution in [0, 0.1) is 0 Å². The van der Waals surface area contributed by atoms with Crippen molar-refractivity contribution in [1.82, 2.24) is 0 Å². The monoisotopic (exact) mass is 989 g/mol. The summed E-state index contributed by atoms with van der Waals surface area (Å²) in [4.78, 5) is 24.6. The van der Waals surface area contributed by atoms with Gasteiger partial charge < -0.3 is 14.6 Å². The zero-order chi connectivity index (χ0) is 50.6. The molecule has 1 N–H and O–H groups in total. The van der Waals surface area contributed by atoms with Crippen LogP contribution in [0.25, 0.3) is 0 Å². The Morgan fingerprint density at radius 2 is 0.443 bits per heavy atom. The van der Waals surface area contributed by atoms with Crippen molar-refractivity contribution in [1.29, 1.82) is 0 Å². The maximum Gasteiger partial charge on any atom is 0.306 e. The van der Waals surface area contributed by atoms with E-state index in [4.69, 9.17) is 9.47 Å². The Morgan fingerprint density at radius 1 is 0.271 bits per heavy atom. The fourth-order valence-electron chi connectivity index (χ4n) is 10.5. The van der Waals surface area contributed by atoms with Crippen LogP contribution in [-0.4, -0.2) is 36.4 Å². The van der Waals surface area contributed by atoms with E-state index in [0.717, 1.165) is 32.1 Å². The molecule has 0 aromatic rings. The molecule has 0 radical (unpaired) electrons. The number of hydrogen-bond acceptors (Lipinski definition) is 5. The number of aliphatic hydroxyl groups is 1. The SMILES string of the molecule is CCCCCCCCCCCCCCCCCCCCCCCCCCCCCCCCCCCCCCC(=O)OC(CO)COC(=O)CCCCCCCCCCCCCCCCCCCCCC. The quantitative estimate of drug-likeness (QED) is 0.0486. The topological polar surface area (TPSA) is 72.8 Å². The average molecular weight is 990 g/mol. The first-order valence-electron chi connectivity index (χ1n) is 32.6. The molecular weight excluding hydrogens is 861 g/mol. The predicted octanol–water partition coefficient (Wildman–Crippen LogP) is 22.1. The minimum Gasteiger partial charge on any atom is -0.462 e. The summed E-state index contributed by atoms with van der Waals surface area (Å²) in [5.41, 5.74) is 0. The molecule has 0 rings (SSSR count). The highest BCUT2D eigenvalue weighted by Crippen LogP contribution is 2.19. The average Bonchev–Trinajstić information content (AvgIpc) is 3.36. The van der Waals surface area contributed by atoms with E-state index >= 15 is 0 Å². The second-order valence-electron chi connectivity index (χ2n) is 22.6. The summed E-state index contributed by atoms with van der Waals surface area (Å²) in [6.07, 6.45) is 77.0. The first-order valence-corrected chi connectivity index (χ1v) is 32.6. The smallest absolute Gasteiger partial charge is 0.306 e. The first kappa shape index (κ1) is 68.9. The molecule has 5 heteroatoms. The molecule has 1 atom stereocenters. The highest BCUT2D eigenvalue weighted by Gasteiger charge is 2.16. The van der Waals surface area contributed by atoms with Crippen molar-refractivity contribution >= 4 is 11.9 Å². The Balaban J connectivity index is 3.34. The maximum atomic E-state index is 12.3. The lowest BCUT2D eigenvalue weighted by Crippen LogP contribution is -2.28. The molecule has 0 aromatic heterocycles. The first-order chi connectivity index (χ1) is 34.6. The number of ether oxygens (including phenoxy) is 2. The van der Waals surface area contributed by atoms with Crippen molar-refractivity contribution in [3.63, 3.8) is 0 Å². The summed E-state index contributed by atoms with van der Waals surface area (Å²) in [7, 11) is 0. The molecule has 0 amide bonds. The van der Waals surface area contributed by atoms with Gasteiger partial charge in [-0.2, -0.15) is 0 Å². The maximum absolute atomic E-state index is 12.3. The van der Waals surface area contributed by atoms with Crippen molar-refractivity contribution in [3.05, 3.63) is 0 Å². The van der Waals surface area contributed by atoms with Crippen LogP contribution in [0.3, 0.4) is 0 Å². The van der Waals surface area contributed by atoms with Crippen molar-refractivity contribution in [3.8, 4) is 0 Å². The van der Waals surface area contributed by atoms with E-state index < -0.39 is 6.10 Å². The number of aliphatic hydroxyl groups excluding tert-OH is 1. The Bertz CT molecular complexity index is 983. The van der Waals surface area contributed by atoms with E-state index in [1.54, 1.807) is 0 Å². The number of esters is 2. The largest absolute Gasteiger partial charge is 0.462 e. The van der Waals surface area contributed by atoms with Gasteiger partial charge >= 0.3 is 11.9 Å². The van der Waals surface area contributed by atoms with Gasteiger partial charge in [-0.25, -0.2) is 0 Å². The van der Waals surface area contributed by atoms with Crippen LogP contribution in [0.2, 0.25) is 0 Å². The van der Waals surface area contributed by atoms with Gasteiger partial charge in [0.1, 0.15) is 6.61 Å². The van der Waals surface area contributed by atoms with E-state index in [9.17, 15) is 14.7 Å². The van der Waals surface area contributed by atoms with Crippen LogP contribution in [0.4, 0.5) is 0 Å². The molecule has 418 valence electrons. The second kappa shape index (κ2) is 62.2. The van der Waals surface area contributed by atoms with Gasteiger partial charge in [0.05, 0.1) is 6.61 Å². The molecule has 0 heterocycles. The van der Waals surface area contributed by atoms with Crippen molar-refractivity contribution in [2.75, 3.05) is 13.2 Å². The van der Waals surface area contributed by atoms with Crippen LogP contribution in [-0.2, 0) is 19.1 Å². The molecule has 0 saturated carbocycles.